The molecule has 138 valence electrons. The van der Waals surface area contributed by atoms with Crippen LogP contribution >= 0.6 is 0 Å². The molecule has 0 bridgehead atoms. The highest BCUT2D eigenvalue weighted by molar-refractivity contribution is 5.74. The third-order valence-electron chi connectivity index (χ3n) is 5.22. The van der Waals surface area contributed by atoms with E-state index in [1.807, 2.05) is 35.7 Å². The lowest BCUT2D eigenvalue weighted by molar-refractivity contribution is 0.0453. The molecule has 2 fully saturated rings. The van der Waals surface area contributed by atoms with E-state index in [0.717, 1.165) is 29.9 Å². The number of urea groups is 1. The van der Waals surface area contributed by atoms with Gasteiger partial charge in [0.15, 0.2) is 0 Å². The molecule has 0 unspecified atom stereocenters. The zero-order valence-electron chi connectivity index (χ0n) is 14.8. The van der Waals surface area contributed by atoms with Crippen LogP contribution in [-0.4, -0.2) is 51.6 Å². The van der Waals surface area contributed by atoms with Gasteiger partial charge in [0, 0.05) is 31.4 Å². The maximum Gasteiger partial charge on any atom is 0.407 e. The molecule has 0 aliphatic carbocycles. The van der Waals surface area contributed by atoms with E-state index in [0.29, 0.717) is 32.6 Å². The topological polar surface area (TPSA) is 88.0 Å². The summed E-state index contributed by atoms with van der Waals surface area (Å²) < 4.78 is 7.46. The average Bonchev–Trinajstić information content (AvgIpc) is 3.13. The highest BCUT2D eigenvalue weighted by Crippen LogP contribution is 2.29. The van der Waals surface area contributed by atoms with Crippen LogP contribution in [0, 0.1) is 6.92 Å². The molecule has 2 aliphatic heterocycles. The Morgan fingerprint density at radius 2 is 2.27 bits per heavy atom. The van der Waals surface area contributed by atoms with Crippen molar-refractivity contribution in [2.45, 2.75) is 38.3 Å². The minimum atomic E-state index is -0.453. The number of carbonyl (C=O) groups excluding carboxylic acids is 2. The van der Waals surface area contributed by atoms with Gasteiger partial charge in [-0.15, -0.1) is 0 Å². The van der Waals surface area contributed by atoms with Crippen molar-refractivity contribution in [1.82, 2.24) is 24.9 Å². The number of imidazole rings is 1. The molecule has 2 aromatic rings. The zero-order valence-corrected chi connectivity index (χ0v) is 14.8. The number of rotatable bonds is 2. The van der Waals surface area contributed by atoms with Crippen molar-refractivity contribution in [3.05, 3.63) is 35.8 Å². The number of fused-ring (bicyclic) bond motifs is 1. The van der Waals surface area contributed by atoms with Crippen molar-refractivity contribution in [3.8, 4) is 0 Å². The second-order valence-corrected chi connectivity index (χ2v) is 7.05. The third kappa shape index (κ3) is 3.18. The number of nitrogens with one attached hydrogen (secondary N) is 2. The van der Waals surface area contributed by atoms with Gasteiger partial charge >= 0.3 is 12.1 Å². The number of hydrogen-bond acceptors (Lipinski definition) is 4. The summed E-state index contributed by atoms with van der Waals surface area (Å²) in [4.78, 5) is 30.2. The molecule has 4 rings (SSSR count). The summed E-state index contributed by atoms with van der Waals surface area (Å²) in [5, 5.41) is 5.68. The number of amides is 3. The van der Waals surface area contributed by atoms with Gasteiger partial charge in [-0.05, 0) is 31.9 Å². The number of carbonyl (C=O) groups is 2. The van der Waals surface area contributed by atoms with Crippen LogP contribution in [0.3, 0.4) is 0 Å². The lowest BCUT2D eigenvalue weighted by Crippen LogP contribution is -2.41. The molecule has 8 nitrogen and oxygen atoms in total. The summed E-state index contributed by atoms with van der Waals surface area (Å²) in [6.07, 6.45) is 3.85. The van der Waals surface area contributed by atoms with Crippen molar-refractivity contribution in [2.75, 3.05) is 19.6 Å². The number of nitrogens with zero attached hydrogens (tertiary/aromatic N) is 3. The summed E-state index contributed by atoms with van der Waals surface area (Å²) in [6.45, 7) is 4.18. The Bertz CT molecular complexity index is 848. The number of likely N-dealkylation sites (tertiary alicyclic amines) is 1. The minimum Gasteiger partial charge on any atom is -0.441 e. The van der Waals surface area contributed by atoms with Crippen molar-refractivity contribution < 1.29 is 14.3 Å². The van der Waals surface area contributed by atoms with Crippen molar-refractivity contribution >= 4 is 17.8 Å². The second kappa shape index (κ2) is 6.51. The monoisotopic (exact) mass is 357 g/mol. The third-order valence-corrected chi connectivity index (χ3v) is 5.22. The molecule has 8 heteroatoms. The van der Waals surface area contributed by atoms with E-state index < -0.39 is 5.60 Å². The van der Waals surface area contributed by atoms with E-state index in [2.05, 4.69) is 15.6 Å². The highest BCUT2D eigenvalue weighted by Gasteiger charge is 2.41. The first-order chi connectivity index (χ1) is 12.5. The number of ether oxygens (including phenoxy) is 1. The molecule has 4 heterocycles. The summed E-state index contributed by atoms with van der Waals surface area (Å²) in [5.41, 5.74) is 2.35. The second-order valence-electron chi connectivity index (χ2n) is 7.05. The van der Waals surface area contributed by atoms with Gasteiger partial charge in [0.1, 0.15) is 11.2 Å². The Labute approximate surface area is 151 Å². The predicted octanol–water partition coefficient (Wildman–Crippen LogP) is 1.82. The number of hydrogen-bond donors (Lipinski definition) is 2. The van der Waals surface area contributed by atoms with Crippen LogP contribution in [0.1, 0.15) is 30.7 Å². The molecular weight excluding hydrogens is 334 g/mol. The van der Waals surface area contributed by atoms with E-state index >= 15 is 0 Å². The van der Waals surface area contributed by atoms with Crippen LogP contribution < -0.4 is 10.6 Å². The maximum atomic E-state index is 12.5. The van der Waals surface area contributed by atoms with Gasteiger partial charge < -0.3 is 24.7 Å². The fourth-order valence-corrected chi connectivity index (χ4v) is 3.71. The van der Waals surface area contributed by atoms with Crippen LogP contribution in [0.15, 0.2) is 24.4 Å². The first-order valence-electron chi connectivity index (χ1n) is 8.98. The summed E-state index contributed by atoms with van der Waals surface area (Å²) >= 11 is 0. The molecule has 0 radical (unpaired) electrons. The van der Waals surface area contributed by atoms with Crippen LogP contribution in [-0.2, 0) is 11.3 Å². The van der Waals surface area contributed by atoms with E-state index in [-0.39, 0.29) is 12.1 Å². The predicted molar refractivity (Wildman–Crippen MR) is 94.8 cm³/mol. The van der Waals surface area contributed by atoms with Gasteiger partial charge in [-0.25, -0.2) is 14.6 Å². The molecule has 1 atom stereocenters. The average molecular weight is 357 g/mol. The zero-order chi connectivity index (χ0) is 18.1. The Kier molecular flexibility index (Phi) is 4.18. The molecule has 2 aliphatic rings. The van der Waals surface area contributed by atoms with Gasteiger partial charge in [0.25, 0.3) is 0 Å². The highest BCUT2D eigenvalue weighted by atomic mass is 16.6. The minimum absolute atomic E-state index is 0.104. The van der Waals surface area contributed by atoms with Crippen LogP contribution in [0.25, 0.3) is 5.65 Å². The van der Waals surface area contributed by atoms with Crippen LogP contribution in [0.5, 0.6) is 0 Å². The maximum absolute atomic E-state index is 12.5. The molecule has 26 heavy (non-hydrogen) atoms. The van der Waals surface area contributed by atoms with E-state index in [1.165, 1.54) is 0 Å². The molecule has 3 amide bonds. The van der Waals surface area contributed by atoms with E-state index in [9.17, 15) is 9.59 Å². The van der Waals surface area contributed by atoms with E-state index in [1.54, 1.807) is 4.90 Å². The quantitative estimate of drug-likeness (QED) is 0.858. The molecular formula is C18H23N5O3. The molecule has 2 aromatic heterocycles. The Morgan fingerprint density at radius 3 is 3.04 bits per heavy atom. The summed E-state index contributed by atoms with van der Waals surface area (Å²) in [7, 11) is 0. The van der Waals surface area contributed by atoms with Crippen molar-refractivity contribution in [2.24, 2.45) is 0 Å². The smallest absolute Gasteiger partial charge is 0.407 e. The standard InChI is InChI=1S/C18H23N5O3/c1-13-4-2-5-15-21-14(11-23(13)15)10-19-16(24)22-8-3-6-18(7-9-22)12-20-17(25)26-18/h2,4-5,11H,3,6-10,12H2,1H3,(H,19,24)(H,20,25)/t18-/m1/s1. The van der Waals surface area contributed by atoms with Crippen LogP contribution in [0.4, 0.5) is 9.59 Å². The SMILES string of the molecule is Cc1cccc2nc(CNC(=O)N3CCC[C@@]4(CC3)CNC(=O)O4)cn12. The number of alkyl carbamates (subject to hydrolysis) is 1. The van der Waals surface area contributed by atoms with Gasteiger partial charge in [-0.1, -0.05) is 6.07 Å². The van der Waals surface area contributed by atoms with Gasteiger partial charge in [0.05, 0.1) is 18.8 Å². The van der Waals surface area contributed by atoms with Crippen LogP contribution in [0.2, 0.25) is 0 Å². The van der Waals surface area contributed by atoms with Crippen molar-refractivity contribution in [1.29, 1.82) is 0 Å². The Hall–Kier alpha value is -2.77. The molecule has 1 spiro atoms. The normalized spacial score (nSPS) is 23.0. The van der Waals surface area contributed by atoms with E-state index in [4.69, 9.17) is 4.74 Å². The largest absolute Gasteiger partial charge is 0.441 e. The van der Waals surface area contributed by atoms with Gasteiger partial charge in [0.2, 0.25) is 0 Å². The molecule has 0 saturated carbocycles. The number of aromatic nitrogens is 2. The Balaban J connectivity index is 1.35. The summed E-state index contributed by atoms with van der Waals surface area (Å²) in [6, 6.07) is 5.84. The Morgan fingerprint density at radius 1 is 1.38 bits per heavy atom. The fourth-order valence-electron chi connectivity index (χ4n) is 3.71. The van der Waals surface area contributed by atoms with Gasteiger partial charge in [-0.2, -0.15) is 0 Å². The molecule has 2 N–H and O–H groups in total. The fraction of sp³-hybridized carbons (Fsp3) is 0.500. The molecule has 0 aromatic carbocycles. The number of pyridine rings is 1. The molecule has 2 saturated heterocycles. The first kappa shape index (κ1) is 16.7. The van der Waals surface area contributed by atoms with Crippen molar-refractivity contribution in [3.63, 3.8) is 0 Å². The lowest BCUT2D eigenvalue weighted by Gasteiger charge is -2.25. The van der Waals surface area contributed by atoms with Gasteiger partial charge in [-0.3, -0.25) is 0 Å². The summed E-state index contributed by atoms with van der Waals surface area (Å²) in [5.74, 6) is 0. The first-order valence-corrected chi connectivity index (χ1v) is 8.98. The lowest BCUT2D eigenvalue weighted by atomic mass is 9.95. The number of aryl methyl sites for hydroxylation is 1.